The van der Waals surface area contributed by atoms with Gasteiger partial charge in [0.15, 0.2) is 5.96 Å². The Morgan fingerprint density at radius 2 is 1.71 bits per heavy atom. The van der Waals surface area contributed by atoms with Crippen LogP contribution in [-0.2, 0) is 11.3 Å². The van der Waals surface area contributed by atoms with E-state index in [0.29, 0.717) is 6.54 Å². The second-order valence-electron chi connectivity index (χ2n) is 7.73. The molecule has 1 heterocycles. The van der Waals surface area contributed by atoms with Crippen LogP contribution in [0.4, 0.5) is 5.69 Å². The maximum absolute atomic E-state index is 5.59. The van der Waals surface area contributed by atoms with Gasteiger partial charge in [-0.25, -0.2) is 4.99 Å². The number of benzene rings is 2. The number of nitrogens with zero attached hydrogens (tertiary/aromatic N) is 2. The van der Waals surface area contributed by atoms with Gasteiger partial charge in [0.25, 0.3) is 0 Å². The summed E-state index contributed by atoms with van der Waals surface area (Å²) >= 11 is 0. The predicted molar refractivity (Wildman–Crippen MR) is 117 cm³/mol. The summed E-state index contributed by atoms with van der Waals surface area (Å²) in [6, 6.07) is 18.7. The molecule has 5 nitrogen and oxygen atoms in total. The van der Waals surface area contributed by atoms with Gasteiger partial charge < -0.3 is 20.3 Å². The summed E-state index contributed by atoms with van der Waals surface area (Å²) in [4.78, 5) is 7.16. The van der Waals surface area contributed by atoms with Crippen LogP contribution >= 0.6 is 0 Å². The first kappa shape index (κ1) is 20.4. The molecule has 2 aromatic carbocycles. The highest BCUT2D eigenvalue weighted by molar-refractivity contribution is 5.93. The zero-order valence-electron chi connectivity index (χ0n) is 17.2. The highest BCUT2D eigenvalue weighted by Gasteiger charge is 2.34. The lowest BCUT2D eigenvalue weighted by molar-refractivity contribution is -0.00492. The zero-order valence-corrected chi connectivity index (χ0v) is 17.2. The summed E-state index contributed by atoms with van der Waals surface area (Å²) in [6.07, 6.45) is 2.03. The molecule has 0 aromatic heterocycles. The van der Waals surface area contributed by atoms with Crippen molar-refractivity contribution in [1.82, 2.24) is 10.2 Å². The molecule has 3 rings (SSSR count). The maximum Gasteiger partial charge on any atom is 0.196 e. The Labute approximate surface area is 168 Å². The predicted octanol–water partition coefficient (Wildman–Crippen LogP) is 3.66. The molecule has 1 fully saturated rings. The van der Waals surface area contributed by atoms with E-state index in [-0.39, 0.29) is 5.54 Å². The molecule has 150 valence electrons. The summed E-state index contributed by atoms with van der Waals surface area (Å²) in [5.74, 6) is 0.805. The number of hydrogen-bond donors (Lipinski definition) is 2. The second-order valence-corrected chi connectivity index (χ2v) is 7.73. The maximum atomic E-state index is 5.59. The van der Waals surface area contributed by atoms with Crippen LogP contribution in [0.5, 0.6) is 0 Å². The summed E-state index contributed by atoms with van der Waals surface area (Å²) in [6.45, 7) is 5.19. The number of anilines is 1. The number of likely N-dealkylation sites (N-methyl/N-ethyl adjacent to an activating group) is 1. The molecule has 0 radical (unpaired) electrons. The van der Waals surface area contributed by atoms with Gasteiger partial charge in [0.2, 0.25) is 0 Å². The van der Waals surface area contributed by atoms with Crippen LogP contribution in [0.15, 0.2) is 59.6 Å². The standard InChI is InChI=1S/C23H32N4O/c1-19-9-11-20(12-10-19)17-24-22(26-21-7-5-4-6-8-21)25-18-23(27(2)3)13-15-28-16-14-23/h4-12H,13-18H2,1-3H3,(H2,24,25,26). The van der Waals surface area contributed by atoms with Crippen LogP contribution in [-0.4, -0.2) is 50.3 Å². The van der Waals surface area contributed by atoms with E-state index in [1.165, 1.54) is 11.1 Å². The third kappa shape index (κ3) is 5.57. The van der Waals surface area contributed by atoms with Gasteiger partial charge in [-0.3, -0.25) is 0 Å². The molecule has 2 aromatic rings. The van der Waals surface area contributed by atoms with Crippen molar-refractivity contribution < 1.29 is 4.74 Å². The number of rotatable bonds is 6. The van der Waals surface area contributed by atoms with E-state index in [4.69, 9.17) is 9.73 Å². The topological polar surface area (TPSA) is 48.9 Å². The van der Waals surface area contributed by atoms with Crippen molar-refractivity contribution in [3.8, 4) is 0 Å². The molecule has 5 heteroatoms. The van der Waals surface area contributed by atoms with Gasteiger partial charge in [-0.2, -0.15) is 0 Å². The van der Waals surface area contributed by atoms with E-state index in [0.717, 1.165) is 44.2 Å². The molecule has 0 bridgehead atoms. The quantitative estimate of drug-likeness (QED) is 0.593. The van der Waals surface area contributed by atoms with E-state index in [1.807, 2.05) is 18.2 Å². The summed E-state index contributed by atoms with van der Waals surface area (Å²) in [7, 11) is 4.31. The van der Waals surface area contributed by atoms with Gasteiger partial charge in [-0.05, 0) is 51.6 Å². The highest BCUT2D eigenvalue weighted by Crippen LogP contribution is 2.25. The Morgan fingerprint density at radius 3 is 2.36 bits per heavy atom. The Balaban J connectivity index is 1.73. The van der Waals surface area contributed by atoms with Crippen molar-refractivity contribution in [2.45, 2.75) is 31.8 Å². The normalized spacial score (nSPS) is 16.8. The van der Waals surface area contributed by atoms with Crippen LogP contribution in [0.25, 0.3) is 0 Å². The third-order valence-electron chi connectivity index (χ3n) is 5.53. The van der Waals surface area contributed by atoms with E-state index >= 15 is 0 Å². The molecular weight excluding hydrogens is 348 g/mol. The monoisotopic (exact) mass is 380 g/mol. The van der Waals surface area contributed by atoms with Crippen LogP contribution in [0.1, 0.15) is 24.0 Å². The van der Waals surface area contributed by atoms with Crippen molar-refractivity contribution in [1.29, 1.82) is 0 Å². The molecular formula is C23H32N4O. The average molecular weight is 381 g/mol. The Kier molecular flexibility index (Phi) is 7.06. The lowest BCUT2D eigenvalue weighted by Gasteiger charge is -2.43. The Bertz CT molecular complexity index is 750. The van der Waals surface area contributed by atoms with Crippen molar-refractivity contribution >= 4 is 11.6 Å². The van der Waals surface area contributed by atoms with Crippen LogP contribution in [0.2, 0.25) is 0 Å². The molecule has 2 N–H and O–H groups in total. The van der Waals surface area contributed by atoms with Crippen molar-refractivity contribution in [2.75, 3.05) is 39.2 Å². The van der Waals surface area contributed by atoms with Gasteiger partial charge >= 0.3 is 0 Å². The number of nitrogens with one attached hydrogen (secondary N) is 2. The number of guanidine groups is 1. The van der Waals surface area contributed by atoms with Crippen LogP contribution in [0.3, 0.4) is 0 Å². The SMILES string of the molecule is Cc1ccc(CN=C(NCC2(N(C)C)CCOCC2)Nc2ccccc2)cc1. The van der Waals surface area contributed by atoms with Crippen LogP contribution in [0, 0.1) is 6.92 Å². The minimum Gasteiger partial charge on any atom is -0.381 e. The summed E-state index contributed by atoms with van der Waals surface area (Å²) in [5.41, 5.74) is 3.58. The van der Waals surface area contributed by atoms with Crippen molar-refractivity contribution in [3.05, 3.63) is 65.7 Å². The second kappa shape index (κ2) is 9.71. The van der Waals surface area contributed by atoms with E-state index in [9.17, 15) is 0 Å². The molecule has 0 saturated carbocycles. The number of para-hydroxylation sites is 1. The fraction of sp³-hybridized carbons (Fsp3) is 0.435. The largest absolute Gasteiger partial charge is 0.381 e. The molecule has 0 aliphatic carbocycles. The first-order valence-corrected chi connectivity index (χ1v) is 9.99. The van der Waals surface area contributed by atoms with E-state index in [2.05, 4.69) is 73.0 Å². The number of aliphatic imine (C=N–C) groups is 1. The molecule has 1 aliphatic rings. The first-order chi connectivity index (χ1) is 13.6. The number of aryl methyl sites for hydroxylation is 1. The van der Waals surface area contributed by atoms with Crippen LogP contribution < -0.4 is 10.6 Å². The smallest absolute Gasteiger partial charge is 0.196 e. The first-order valence-electron chi connectivity index (χ1n) is 9.99. The minimum atomic E-state index is 0.0846. The molecule has 28 heavy (non-hydrogen) atoms. The molecule has 1 aliphatic heterocycles. The lowest BCUT2D eigenvalue weighted by atomic mass is 9.88. The van der Waals surface area contributed by atoms with Gasteiger partial charge in [0.1, 0.15) is 0 Å². The summed E-state index contributed by atoms with van der Waals surface area (Å²) < 4.78 is 5.59. The fourth-order valence-corrected chi connectivity index (χ4v) is 3.44. The van der Waals surface area contributed by atoms with Crippen molar-refractivity contribution in [2.24, 2.45) is 4.99 Å². The molecule has 1 saturated heterocycles. The Hall–Kier alpha value is -2.37. The molecule has 0 spiro atoms. The van der Waals surface area contributed by atoms with Gasteiger partial charge in [0, 0.05) is 31.0 Å². The van der Waals surface area contributed by atoms with Gasteiger partial charge in [-0.15, -0.1) is 0 Å². The molecule has 0 amide bonds. The highest BCUT2D eigenvalue weighted by atomic mass is 16.5. The van der Waals surface area contributed by atoms with Gasteiger partial charge in [-0.1, -0.05) is 48.0 Å². The molecule has 0 atom stereocenters. The number of ether oxygens (including phenoxy) is 1. The summed E-state index contributed by atoms with van der Waals surface area (Å²) in [5, 5.41) is 7.03. The average Bonchev–Trinajstić information content (AvgIpc) is 2.72. The molecule has 0 unspecified atom stereocenters. The third-order valence-corrected chi connectivity index (χ3v) is 5.53. The Morgan fingerprint density at radius 1 is 1.04 bits per heavy atom. The van der Waals surface area contributed by atoms with E-state index in [1.54, 1.807) is 0 Å². The zero-order chi connectivity index (χ0) is 19.8. The lowest BCUT2D eigenvalue weighted by Crippen LogP contribution is -2.56. The fourth-order valence-electron chi connectivity index (χ4n) is 3.44. The van der Waals surface area contributed by atoms with Crippen molar-refractivity contribution in [3.63, 3.8) is 0 Å². The van der Waals surface area contributed by atoms with Gasteiger partial charge in [0.05, 0.1) is 6.54 Å². The number of hydrogen-bond acceptors (Lipinski definition) is 3. The van der Waals surface area contributed by atoms with E-state index < -0.39 is 0 Å². The minimum absolute atomic E-state index is 0.0846.